The number of carbonyl (C=O) groups is 1. The third-order valence-electron chi connectivity index (χ3n) is 5.46. The number of amides is 1. The van der Waals surface area contributed by atoms with Crippen LogP contribution in [0.4, 0.5) is 0 Å². The normalized spacial score (nSPS) is 12.3. The molecule has 1 N–H and O–H groups in total. The van der Waals surface area contributed by atoms with Crippen LogP contribution in [0.3, 0.4) is 0 Å². The smallest absolute Gasteiger partial charge is 0.287 e. The van der Waals surface area contributed by atoms with Crippen molar-refractivity contribution >= 4 is 16.9 Å². The molecule has 1 heterocycles. The first-order chi connectivity index (χ1) is 13.9. The van der Waals surface area contributed by atoms with E-state index in [2.05, 4.69) is 36.2 Å². The van der Waals surface area contributed by atoms with E-state index < -0.39 is 0 Å². The SMILES string of the molecule is CCN(CC)[C@H](CNC(=O)c1cc(=O)c2cc(C)c(C)cc2o1)c1ccccc1. The van der Waals surface area contributed by atoms with E-state index in [-0.39, 0.29) is 23.1 Å². The van der Waals surface area contributed by atoms with Gasteiger partial charge in [-0.25, -0.2) is 0 Å². The summed E-state index contributed by atoms with van der Waals surface area (Å²) in [6.45, 7) is 10.3. The van der Waals surface area contributed by atoms with Gasteiger partial charge in [0.15, 0.2) is 11.2 Å². The Morgan fingerprint density at radius 3 is 2.34 bits per heavy atom. The highest BCUT2D eigenvalue weighted by molar-refractivity contribution is 5.93. The maximum atomic E-state index is 12.8. The summed E-state index contributed by atoms with van der Waals surface area (Å²) in [5, 5.41) is 3.45. The Labute approximate surface area is 171 Å². The molecule has 1 aromatic heterocycles. The third kappa shape index (κ3) is 4.57. The van der Waals surface area contributed by atoms with Crippen molar-refractivity contribution in [2.24, 2.45) is 0 Å². The molecule has 1 atom stereocenters. The van der Waals surface area contributed by atoms with Gasteiger partial charge in [0.2, 0.25) is 0 Å². The standard InChI is InChI=1S/C24H28N2O3/c1-5-26(6-2)20(18-10-8-7-9-11-18)15-25-24(28)23-14-21(27)19-12-16(3)17(4)13-22(19)29-23/h7-14,20H,5-6,15H2,1-4H3,(H,25,28)/t20-/m1/s1. The van der Waals surface area contributed by atoms with Gasteiger partial charge in [-0.3, -0.25) is 14.5 Å². The Hall–Kier alpha value is -2.92. The molecule has 0 unspecified atom stereocenters. The second-order valence-corrected chi connectivity index (χ2v) is 7.27. The van der Waals surface area contributed by atoms with Crippen LogP contribution in [-0.4, -0.2) is 30.4 Å². The second kappa shape index (κ2) is 9.05. The molecule has 152 valence electrons. The fourth-order valence-electron chi connectivity index (χ4n) is 3.60. The highest BCUT2D eigenvalue weighted by Crippen LogP contribution is 2.21. The van der Waals surface area contributed by atoms with Crippen molar-refractivity contribution in [1.82, 2.24) is 10.2 Å². The molecule has 3 rings (SSSR count). The molecule has 1 amide bonds. The van der Waals surface area contributed by atoms with Crippen LogP contribution in [0.15, 0.2) is 57.7 Å². The molecule has 0 aliphatic rings. The molecule has 0 bridgehead atoms. The first-order valence-electron chi connectivity index (χ1n) is 10.1. The van der Waals surface area contributed by atoms with E-state index in [1.165, 1.54) is 6.07 Å². The van der Waals surface area contributed by atoms with Crippen molar-refractivity contribution in [1.29, 1.82) is 0 Å². The van der Waals surface area contributed by atoms with Crippen molar-refractivity contribution < 1.29 is 9.21 Å². The van der Waals surface area contributed by atoms with E-state index in [0.717, 1.165) is 29.8 Å². The molecule has 5 heteroatoms. The maximum Gasteiger partial charge on any atom is 0.287 e. The molecule has 0 fully saturated rings. The first kappa shape index (κ1) is 20.8. The minimum Gasteiger partial charge on any atom is -0.451 e. The van der Waals surface area contributed by atoms with Crippen LogP contribution in [0.5, 0.6) is 0 Å². The van der Waals surface area contributed by atoms with Crippen LogP contribution in [0.25, 0.3) is 11.0 Å². The zero-order valence-electron chi connectivity index (χ0n) is 17.5. The summed E-state index contributed by atoms with van der Waals surface area (Å²) in [6, 6.07) is 15.1. The second-order valence-electron chi connectivity index (χ2n) is 7.27. The molecule has 29 heavy (non-hydrogen) atoms. The van der Waals surface area contributed by atoms with Crippen molar-refractivity contribution in [3.8, 4) is 0 Å². The van der Waals surface area contributed by atoms with Gasteiger partial charge in [-0.15, -0.1) is 0 Å². The average Bonchev–Trinajstić information content (AvgIpc) is 2.73. The highest BCUT2D eigenvalue weighted by atomic mass is 16.3. The van der Waals surface area contributed by atoms with E-state index in [1.54, 1.807) is 0 Å². The fraction of sp³-hybridized carbons (Fsp3) is 0.333. The van der Waals surface area contributed by atoms with Crippen LogP contribution >= 0.6 is 0 Å². The average molecular weight is 392 g/mol. The number of benzene rings is 2. The third-order valence-corrected chi connectivity index (χ3v) is 5.46. The monoisotopic (exact) mass is 392 g/mol. The zero-order valence-corrected chi connectivity index (χ0v) is 17.5. The van der Waals surface area contributed by atoms with Crippen LogP contribution in [-0.2, 0) is 0 Å². The highest BCUT2D eigenvalue weighted by Gasteiger charge is 2.20. The number of rotatable bonds is 7. The van der Waals surface area contributed by atoms with Crippen molar-refractivity contribution in [2.75, 3.05) is 19.6 Å². The molecule has 0 saturated heterocycles. The maximum absolute atomic E-state index is 12.8. The predicted molar refractivity (Wildman–Crippen MR) is 116 cm³/mol. The molecule has 0 saturated carbocycles. The van der Waals surface area contributed by atoms with E-state index in [1.807, 2.05) is 44.2 Å². The van der Waals surface area contributed by atoms with Crippen molar-refractivity contribution in [3.05, 3.63) is 81.2 Å². The van der Waals surface area contributed by atoms with Crippen LogP contribution in [0.1, 0.15) is 47.1 Å². The van der Waals surface area contributed by atoms with Crippen LogP contribution in [0.2, 0.25) is 0 Å². The fourth-order valence-corrected chi connectivity index (χ4v) is 3.60. The number of nitrogens with zero attached hydrogens (tertiary/aromatic N) is 1. The summed E-state index contributed by atoms with van der Waals surface area (Å²) in [7, 11) is 0. The summed E-state index contributed by atoms with van der Waals surface area (Å²) in [5.74, 6) is -0.340. The van der Waals surface area contributed by atoms with E-state index in [4.69, 9.17) is 4.42 Å². The zero-order chi connectivity index (χ0) is 21.0. The van der Waals surface area contributed by atoms with Gasteiger partial charge >= 0.3 is 0 Å². The van der Waals surface area contributed by atoms with Crippen molar-refractivity contribution in [2.45, 2.75) is 33.7 Å². The van der Waals surface area contributed by atoms with E-state index in [9.17, 15) is 9.59 Å². The summed E-state index contributed by atoms with van der Waals surface area (Å²) in [6.07, 6.45) is 0. The Bertz CT molecular complexity index is 1050. The number of fused-ring (bicyclic) bond motifs is 1. The Morgan fingerprint density at radius 2 is 1.69 bits per heavy atom. The molecular formula is C24H28N2O3. The van der Waals surface area contributed by atoms with Gasteiger partial charge < -0.3 is 9.73 Å². The minimum atomic E-state index is -0.379. The van der Waals surface area contributed by atoms with Crippen LogP contribution < -0.4 is 10.7 Å². The number of hydrogen-bond acceptors (Lipinski definition) is 4. The van der Waals surface area contributed by atoms with Gasteiger partial charge in [0, 0.05) is 12.6 Å². The Balaban J connectivity index is 1.85. The van der Waals surface area contributed by atoms with Gasteiger partial charge in [0.05, 0.1) is 11.4 Å². The largest absolute Gasteiger partial charge is 0.451 e. The van der Waals surface area contributed by atoms with E-state index in [0.29, 0.717) is 17.5 Å². The minimum absolute atomic E-state index is 0.0390. The van der Waals surface area contributed by atoms with Gasteiger partial charge in [-0.2, -0.15) is 0 Å². The summed E-state index contributed by atoms with van der Waals surface area (Å²) in [4.78, 5) is 27.5. The predicted octanol–water partition coefficient (Wildman–Crippen LogP) is 4.22. The van der Waals surface area contributed by atoms with Gasteiger partial charge in [-0.1, -0.05) is 44.2 Å². The quantitative estimate of drug-likeness (QED) is 0.654. The molecule has 0 radical (unpaired) electrons. The van der Waals surface area contributed by atoms with E-state index >= 15 is 0 Å². The lowest BCUT2D eigenvalue weighted by Gasteiger charge is -2.30. The summed E-state index contributed by atoms with van der Waals surface area (Å²) >= 11 is 0. The van der Waals surface area contributed by atoms with Gasteiger partial charge in [-0.05, 0) is 55.8 Å². The Morgan fingerprint density at radius 1 is 1.03 bits per heavy atom. The molecule has 5 nitrogen and oxygen atoms in total. The Kier molecular flexibility index (Phi) is 6.49. The lowest BCUT2D eigenvalue weighted by atomic mass is 10.0. The molecule has 0 spiro atoms. The molecular weight excluding hydrogens is 364 g/mol. The summed E-state index contributed by atoms with van der Waals surface area (Å²) in [5.41, 5.74) is 3.41. The van der Waals surface area contributed by atoms with Crippen LogP contribution in [0, 0.1) is 13.8 Å². The first-order valence-corrected chi connectivity index (χ1v) is 10.1. The molecule has 0 aliphatic carbocycles. The number of likely N-dealkylation sites (N-methyl/N-ethyl adjacent to an activating group) is 1. The number of carbonyl (C=O) groups excluding carboxylic acids is 1. The van der Waals surface area contributed by atoms with Gasteiger partial charge in [0.25, 0.3) is 5.91 Å². The lowest BCUT2D eigenvalue weighted by molar-refractivity contribution is 0.0908. The number of aryl methyl sites for hydroxylation is 2. The summed E-state index contributed by atoms with van der Waals surface area (Å²) < 4.78 is 5.77. The lowest BCUT2D eigenvalue weighted by Crippen LogP contribution is -2.38. The molecule has 3 aromatic rings. The number of nitrogens with one attached hydrogen (secondary N) is 1. The number of hydrogen-bond donors (Lipinski definition) is 1. The van der Waals surface area contributed by atoms with Crippen molar-refractivity contribution in [3.63, 3.8) is 0 Å². The van der Waals surface area contributed by atoms with Gasteiger partial charge in [0.1, 0.15) is 5.58 Å². The molecule has 2 aromatic carbocycles. The topological polar surface area (TPSA) is 62.6 Å². The molecule has 0 aliphatic heterocycles.